The van der Waals surface area contributed by atoms with Crippen molar-refractivity contribution in [2.45, 2.75) is 90.4 Å². The molecule has 0 aliphatic rings. The van der Waals surface area contributed by atoms with Gasteiger partial charge in [-0.2, -0.15) is 0 Å². The molecule has 0 amide bonds. The van der Waals surface area contributed by atoms with Crippen molar-refractivity contribution in [2.75, 3.05) is 20.8 Å². The van der Waals surface area contributed by atoms with Crippen molar-refractivity contribution in [3.05, 3.63) is 130 Å². The molecule has 2 atom stereocenters. The van der Waals surface area contributed by atoms with Crippen molar-refractivity contribution in [3.8, 4) is 11.5 Å². The van der Waals surface area contributed by atoms with E-state index in [9.17, 15) is 14.7 Å². The van der Waals surface area contributed by atoms with E-state index in [0.717, 1.165) is 34.4 Å². The number of carbonyl (C=O) groups is 2. The van der Waals surface area contributed by atoms with Crippen molar-refractivity contribution in [2.24, 2.45) is 0 Å². The van der Waals surface area contributed by atoms with Crippen LogP contribution in [0.2, 0.25) is 0 Å². The van der Waals surface area contributed by atoms with Crippen LogP contribution in [-0.4, -0.2) is 37.9 Å². The molecule has 0 saturated carbocycles. The molecule has 0 aliphatic carbocycles. The van der Waals surface area contributed by atoms with Gasteiger partial charge in [0.05, 0.1) is 32.7 Å². The molecule has 1 N–H and O–H groups in total. The van der Waals surface area contributed by atoms with Crippen LogP contribution in [0, 0.1) is 0 Å². The van der Waals surface area contributed by atoms with E-state index < -0.39 is 0 Å². The lowest BCUT2D eigenvalue weighted by Gasteiger charge is -2.21. The summed E-state index contributed by atoms with van der Waals surface area (Å²) in [6.45, 7) is 15.8. The molecule has 0 saturated heterocycles. The van der Waals surface area contributed by atoms with E-state index in [1.807, 2.05) is 60.7 Å². The van der Waals surface area contributed by atoms with Crippen LogP contribution >= 0.6 is 0 Å². The number of phenolic OH excluding ortho intramolecular Hbond substituents is 1. The normalized spacial score (nSPS) is 12.6. The van der Waals surface area contributed by atoms with Crippen molar-refractivity contribution >= 4 is 11.9 Å². The van der Waals surface area contributed by atoms with Crippen molar-refractivity contribution in [1.29, 1.82) is 0 Å². The van der Waals surface area contributed by atoms with Gasteiger partial charge in [-0.05, 0) is 87.7 Å². The molecule has 4 aromatic carbocycles. The first-order valence-electron chi connectivity index (χ1n) is 17.0. The maximum absolute atomic E-state index is 12.4. The van der Waals surface area contributed by atoms with Crippen molar-refractivity contribution in [1.82, 2.24) is 0 Å². The third-order valence-electron chi connectivity index (χ3n) is 8.54. The summed E-state index contributed by atoms with van der Waals surface area (Å²) < 4.78 is 15.6. The number of phenols is 1. The molecule has 2 unspecified atom stereocenters. The number of hydrogen-bond acceptors (Lipinski definition) is 6. The number of esters is 2. The molecule has 6 heteroatoms. The highest BCUT2D eigenvalue weighted by atomic mass is 16.5. The quantitative estimate of drug-likeness (QED) is 0.161. The Morgan fingerprint density at radius 1 is 0.592 bits per heavy atom. The van der Waals surface area contributed by atoms with Gasteiger partial charge in [0.1, 0.15) is 11.5 Å². The van der Waals surface area contributed by atoms with Gasteiger partial charge >= 0.3 is 11.9 Å². The summed E-state index contributed by atoms with van der Waals surface area (Å²) >= 11 is 0. The lowest BCUT2D eigenvalue weighted by molar-refractivity contribution is -0.143. The molecule has 0 bridgehead atoms. The molecule has 6 nitrogen and oxygen atoms in total. The number of hydrogen-bond donors (Lipinski definition) is 1. The summed E-state index contributed by atoms with van der Waals surface area (Å²) in [5, 5.41) is 9.38. The summed E-state index contributed by atoms with van der Waals surface area (Å²) in [6, 6.07) is 31.3. The molecule has 4 aromatic rings. The van der Waals surface area contributed by atoms with Crippen molar-refractivity contribution < 1.29 is 28.9 Å². The Bertz CT molecular complexity index is 1590. The highest BCUT2D eigenvalue weighted by Crippen LogP contribution is 2.29. The SMILES string of the molecule is CCCOc1ccc(CC(C(=O)OC)c2ccc(C(C)(C)C)cc2)cc1.COC(=O)C(Cc1ccc(O)cc1)c1ccc(C(C)(C)C)cc1. The second-order valence-corrected chi connectivity index (χ2v) is 14.5. The molecule has 0 radical (unpaired) electrons. The van der Waals surface area contributed by atoms with E-state index >= 15 is 0 Å². The Labute approximate surface area is 293 Å². The van der Waals surface area contributed by atoms with Gasteiger partial charge in [-0.15, -0.1) is 0 Å². The highest BCUT2D eigenvalue weighted by molar-refractivity contribution is 5.79. The summed E-state index contributed by atoms with van der Waals surface area (Å²) in [7, 11) is 2.86. The number of benzene rings is 4. The predicted octanol–water partition coefficient (Wildman–Crippen LogP) is 9.46. The topological polar surface area (TPSA) is 82.1 Å². The van der Waals surface area contributed by atoms with Gasteiger partial charge in [0.15, 0.2) is 0 Å². The summed E-state index contributed by atoms with van der Waals surface area (Å²) in [5.74, 6) is -0.0333. The van der Waals surface area contributed by atoms with E-state index in [-0.39, 0.29) is 40.4 Å². The molecular weight excluding hydrogens is 612 g/mol. The van der Waals surface area contributed by atoms with E-state index in [4.69, 9.17) is 14.2 Å². The zero-order valence-corrected chi connectivity index (χ0v) is 30.7. The van der Waals surface area contributed by atoms with Crippen LogP contribution in [0.25, 0.3) is 0 Å². The Morgan fingerprint density at radius 3 is 1.29 bits per heavy atom. The van der Waals surface area contributed by atoms with Gasteiger partial charge in [0.25, 0.3) is 0 Å². The van der Waals surface area contributed by atoms with E-state index in [0.29, 0.717) is 19.4 Å². The lowest BCUT2D eigenvalue weighted by Crippen LogP contribution is -2.17. The zero-order valence-electron chi connectivity index (χ0n) is 30.7. The number of methoxy groups -OCH3 is 2. The first-order valence-corrected chi connectivity index (χ1v) is 17.0. The lowest BCUT2D eigenvalue weighted by atomic mass is 9.84. The molecule has 262 valence electrons. The number of rotatable bonds is 11. The van der Waals surface area contributed by atoms with Crippen LogP contribution in [0.3, 0.4) is 0 Å². The molecule has 0 heterocycles. The zero-order chi connectivity index (χ0) is 36.2. The van der Waals surface area contributed by atoms with Crippen LogP contribution in [0.4, 0.5) is 0 Å². The first-order chi connectivity index (χ1) is 23.2. The standard InChI is InChI=1S/C23H30O3.C20H24O3/c1-6-15-26-20-13-7-17(8-14-20)16-21(22(24)25-5)18-9-11-19(12-10-18)23(2,3)4;1-20(2,3)16-9-7-15(8-10-16)18(19(22)23-4)13-14-5-11-17(21)12-6-14/h7-14,21H,6,15-16H2,1-5H3;5-12,18,21H,13H2,1-4H3. The Kier molecular flexibility index (Phi) is 14.0. The summed E-state index contributed by atoms with van der Waals surface area (Å²) in [6.07, 6.45) is 2.13. The Hall–Kier alpha value is -4.58. The molecule has 49 heavy (non-hydrogen) atoms. The van der Waals surface area contributed by atoms with E-state index in [1.165, 1.54) is 25.3 Å². The van der Waals surface area contributed by atoms with Gasteiger partial charge in [-0.1, -0.05) is 121 Å². The van der Waals surface area contributed by atoms with Gasteiger partial charge in [0, 0.05) is 0 Å². The van der Waals surface area contributed by atoms with Crippen molar-refractivity contribution in [3.63, 3.8) is 0 Å². The second kappa shape index (κ2) is 17.7. The predicted molar refractivity (Wildman–Crippen MR) is 198 cm³/mol. The molecule has 0 fully saturated rings. The van der Waals surface area contributed by atoms with E-state index in [1.54, 1.807) is 12.1 Å². The minimum Gasteiger partial charge on any atom is -0.508 e. The minimum absolute atomic E-state index is 0.0796. The Morgan fingerprint density at radius 2 is 0.959 bits per heavy atom. The largest absolute Gasteiger partial charge is 0.508 e. The number of carbonyl (C=O) groups excluding carboxylic acids is 2. The highest BCUT2D eigenvalue weighted by Gasteiger charge is 2.24. The first kappa shape index (κ1) is 38.9. The molecule has 0 spiro atoms. The summed E-state index contributed by atoms with van der Waals surface area (Å²) in [5.41, 5.74) is 6.65. The van der Waals surface area contributed by atoms with Crippen LogP contribution in [0.15, 0.2) is 97.1 Å². The van der Waals surface area contributed by atoms with Gasteiger partial charge in [-0.3, -0.25) is 9.59 Å². The average Bonchev–Trinajstić information content (AvgIpc) is 3.09. The van der Waals surface area contributed by atoms with E-state index in [2.05, 4.69) is 72.7 Å². The van der Waals surface area contributed by atoms with Crippen LogP contribution < -0.4 is 4.74 Å². The fourth-order valence-corrected chi connectivity index (χ4v) is 5.44. The number of aromatic hydroxyl groups is 1. The van der Waals surface area contributed by atoms with Gasteiger partial charge < -0.3 is 19.3 Å². The molecule has 0 aromatic heterocycles. The van der Waals surface area contributed by atoms with Gasteiger partial charge in [0.2, 0.25) is 0 Å². The maximum atomic E-state index is 12.4. The van der Waals surface area contributed by atoms with Crippen LogP contribution in [0.1, 0.15) is 100 Å². The fourth-order valence-electron chi connectivity index (χ4n) is 5.44. The smallest absolute Gasteiger partial charge is 0.313 e. The number of ether oxygens (including phenoxy) is 3. The summed E-state index contributed by atoms with van der Waals surface area (Å²) in [4.78, 5) is 24.6. The third-order valence-corrected chi connectivity index (χ3v) is 8.54. The monoisotopic (exact) mass is 666 g/mol. The third kappa shape index (κ3) is 11.8. The maximum Gasteiger partial charge on any atom is 0.313 e. The second-order valence-electron chi connectivity index (χ2n) is 14.5. The Balaban J connectivity index is 0.000000267. The van der Waals surface area contributed by atoms with Crippen LogP contribution in [-0.2, 0) is 42.7 Å². The molecule has 0 aliphatic heterocycles. The minimum atomic E-state index is -0.349. The average molecular weight is 667 g/mol. The van der Waals surface area contributed by atoms with Crippen LogP contribution in [0.5, 0.6) is 11.5 Å². The van der Waals surface area contributed by atoms with Gasteiger partial charge in [-0.25, -0.2) is 0 Å². The molecule has 4 rings (SSSR count). The molecular formula is C43H54O6. The fraction of sp³-hybridized carbons (Fsp3) is 0.395.